The first-order valence-electron chi connectivity index (χ1n) is 8.39. The van der Waals surface area contributed by atoms with Crippen LogP contribution < -0.4 is 0 Å². The van der Waals surface area contributed by atoms with Gasteiger partial charge in [0.25, 0.3) is 0 Å². The number of nitrogens with zero attached hydrogens (tertiary/aromatic N) is 2. The van der Waals surface area contributed by atoms with Gasteiger partial charge in [0, 0.05) is 36.0 Å². The Balaban J connectivity index is 1.91. The lowest BCUT2D eigenvalue weighted by molar-refractivity contribution is 0.506. The summed E-state index contributed by atoms with van der Waals surface area (Å²) in [6, 6.07) is 4.25. The van der Waals surface area contributed by atoms with E-state index in [0.717, 1.165) is 35.4 Å². The van der Waals surface area contributed by atoms with Crippen molar-refractivity contribution in [3.05, 3.63) is 47.6 Å². The molecule has 4 rings (SSSR count). The van der Waals surface area contributed by atoms with Crippen molar-refractivity contribution in [2.24, 2.45) is 0 Å². The molecule has 0 atom stereocenters. The van der Waals surface area contributed by atoms with Crippen LogP contribution in [0.5, 0.6) is 0 Å². The van der Waals surface area contributed by atoms with E-state index in [1.807, 2.05) is 18.6 Å². The number of rotatable bonds is 1. The van der Waals surface area contributed by atoms with E-state index >= 15 is 0 Å². The van der Waals surface area contributed by atoms with Gasteiger partial charge < -0.3 is 4.42 Å². The monoisotopic (exact) mass is 306 g/mol. The zero-order valence-corrected chi connectivity index (χ0v) is 14.0. The van der Waals surface area contributed by atoms with Crippen LogP contribution in [0.3, 0.4) is 0 Å². The molecule has 0 spiro atoms. The predicted octanol–water partition coefficient (Wildman–Crippen LogP) is 5.07. The Labute approximate surface area is 136 Å². The molecule has 0 aromatic carbocycles. The lowest BCUT2D eigenvalue weighted by Crippen LogP contribution is -2.11. The van der Waals surface area contributed by atoms with Crippen LogP contribution in [0.2, 0.25) is 0 Å². The lowest BCUT2D eigenvalue weighted by atomic mass is 9.87. The quantitative estimate of drug-likeness (QED) is 0.630. The van der Waals surface area contributed by atoms with Crippen LogP contribution in [0.25, 0.3) is 22.2 Å². The molecular formula is C20H22N2O. The topological polar surface area (TPSA) is 38.9 Å². The highest BCUT2D eigenvalue weighted by Crippen LogP contribution is 2.36. The summed E-state index contributed by atoms with van der Waals surface area (Å²) in [6.45, 7) is 6.66. The third-order valence-corrected chi connectivity index (χ3v) is 4.77. The Morgan fingerprint density at radius 1 is 1.09 bits per heavy atom. The van der Waals surface area contributed by atoms with Crippen LogP contribution in [0.4, 0.5) is 0 Å². The summed E-state index contributed by atoms with van der Waals surface area (Å²) in [5.74, 6) is 1.15. The van der Waals surface area contributed by atoms with Gasteiger partial charge in [-0.15, -0.1) is 0 Å². The molecule has 1 aliphatic carbocycles. The molecule has 0 radical (unpaired) electrons. The zero-order chi connectivity index (χ0) is 16.0. The normalized spacial score (nSPS) is 14.9. The average Bonchev–Trinajstić information content (AvgIpc) is 2.93. The van der Waals surface area contributed by atoms with E-state index in [1.54, 1.807) is 0 Å². The van der Waals surface area contributed by atoms with Crippen LogP contribution in [0, 0.1) is 0 Å². The third kappa shape index (κ3) is 2.44. The standard InChI is InChI=1S/C20H22N2O/c1-20(2,3)13-8-9-22-17(10-13)16-12-21-11-15-14-6-4-5-7-18(14)23-19(15)16/h8-12H,4-7H2,1-3H3. The fourth-order valence-corrected chi connectivity index (χ4v) is 3.40. The summed E-state index contributed by atoms with van der Waals surface area (Å²) >= 11 is 0. The van der Waals surface area contributed by atoms with Gasteiger partial charge in [-0.2, -0.15) is 0 Å². The summed E-state index contributed by atoms with van der Waals surface area (Å²) < 4.78 is 6.22. The molecule has 0 saturated heterocycles. The van der Waals surface area contributed by atoms with Gasteiger partial charge in [-0.25, -0.2) is 0 Å². The molecule has 3 heteroatoms. The Morgan fingerprint density at radius 3 is 2.74 bits per heavy atom. The highest BCUT2D eigenvalue weighted by molar-refractivity contribution is 5.93. The highest BCUT2D eigenvalue weighted by Gasteiger charge is 2.21. The first-order chi connectivity index (χ1) is 11.0. The number of hydrogen-bond acceptors (Lipinski definition) is 3. The van der Waals surface area contributed by atoms with E-state index in [4.69, 9.17) is 4.42 Å². The largest absolute Gasteiger partial charge is 0.460 e. The maximum atomic E-state index is 6.22. The van der Waals surface area contributed by atoms with Crippen molar-refractivity contribution in [3.8, 4) is 11.3 Å². The molecule has 0 bridgehead atoms. The minimum Gasteiger partial charge on any atom is -0.460 e. The van der Waals surface area contributed by atoms with Crippen LogP contribution in [0.1, 0.15) is 50.5 Å². The van der Waals surface area contributed by atoms with E-state index < -0.39 is 0 Å². The van der Waals surface area contributed by atoms with Gasteiger partial charge in [0.15, 0.2) is 0 Å². The minimum atomic E-state index is 0.0986. The third-order valence-electron chi connectivity index (χ3n) is 4.77. The second kappa shape index (κ2) is 5.19. The second-order valence-electron chi connectivity index (χ2n) is 7.45. The van der Waals surface area contributed by atoms with Crippen LogP contribution in [-0.4, -0.2) is 9.97 Å². The molecule has 0 unspecified atom stereocenters. The average molecular weight is 306 g/mol. The molecule has 0 aliphatic heterocycles. The molecule has 3 nitrogen and oxygen atoms in total. The zero-order valence-electron chi connectivity index (χ0n) is 14.0. The first kappa shape index (κ1) is 14.4. The van der Waals surface area contributed by atoms with E-state index in [-0.39, 0.29) is 5.41 Å². The molecule has 23 heavy (non-hydrogen) atoms. The Hall–Kier alpha value is -2.16. The van der Waals surface area contributed by atoms with Gasteiger partial charge in [-0.05, 0) is 42.4 Å². The van der Waals surface area contributed by atoms with Crippen molar-refractivity contribution >= 4 is 11.0 Å². The van der Waals surface area contributed by atoms with E-state index in [0.29, 0.717) is 0 Å². The van der Waals surface area contributed by atoms with E-state index in [9.17, 15) is 0 Å². The fraction of sp³-hybridized carbons (Fsp3) is 0.400. The van der Waals surface area contributed by atoms with Crippen molar-refractivity contribution < 1.29 is 4.42 Å². The summed E-state index contributed by atoms with van der Waals surface area (Å²) in [5, 5.41) is 1.17. The van der Waals surface area contributed by atoms with Crippen molar-refractivity contribution in [3.63, 3.8) is 0 Å². The number of aryl methyl sites for hydroxylation is 2. The van der Waals surface area contributed by atoms with Crippen molar-refractivity contribution in [2.45, 2.75) is 51.9 Å². The van der Waals surface area contributed by atoms with Crippen LogP contribution >= 0.6 is 0 Å². The summed E-state index contributed by atoms with van der Waals surface area (Å²) in [5.41, 5.74) is 5.62. The van der Waals surface area contributed by atoms with Gasteiger partial charge >= 0.3 is 0 Å². The molecule has 0 saturated carbocycles. The number of hydrogen-bond donors (Lipinski definition) is 0. The number of aromatic nitrogens is 2. The van der Waals surface area contributed by atoms with Crippen LogP contribution in [-0.2, 0) is 18.3 Å². The van der Waals surface area contributed by atoms with Gasteiger partial charge in [0.05, 0.1) is 11.3 Å². The number of furan rings is 1. The SMILES string of the molecule is CC(C)(C)c1ccnc(-c2cncc3c4c(oc23)CCCC4)c1. The number of fused-ring (bicyclic) bond motifs is 3. The van der Waals surface area contributed by atoms with Crippen molar-refractivity contribution in [1.29, 1.82) is 0 Å². The van der Waals surface area contributed by atoms with Gasteiger partial charge in [-0.1, -0.05) is 20.8 Å². The molecule has 118 valence electrons. The first-order valence-corrected chi connectivity index (χ1v) is 8.39. The Kier molecular flexibility index (Phi) is 3.26. The van der Waals surface area contributed by atoms with Gasteiger partial charge in [-0.3, -0.25) is 9.97 Å². The molecule has 3 heterocycles. The Bertz CT molecular complexity index is 871. The smallest absolute Gasteiger partial charge is 0.147 e. The molecule has 0 amide bonds. The molecular weight excluding hydrogens is 284 g/mol. The summed E-state index contributed by atoms with van der Waals surface area (Å²) in [7, 11) is 0. The maximum Gasteiger partial charge on any atom is 0.147 e. The lowest BCUT2D eigenvalue weighted by Gasteiger charge is -2.19. The fourth-order valence-electron chi connectivity index (χ4n) is 3.40. The summed E-state index contributed by atoms with van der Waals surface area (Å²) in [6.07, 6.45) is 10.3. The van der Waals surface area contributed by atoms with E-state index in [1.165, 1.54) is 29.4 Å². The summed E-state index contributed by atoms with van der Waals surface area (Å²) in [4.78, 5) is 9.04. The molecule has 0 N–H and O–H groups in total. The van der Waals surface area contributed by atoms with Crippen molar-refractivity contribution in [2.75, 3.05) is 0 Å². The predicted molar refractivity (Wildman–Crippen MR) is 92.6 cm³/mol. The second-order valence-corrected chi connectivity index (χ2v) is 7.45. The molecule has 3 aromatic rings. The highest BCUT2D eigenvalue weighted by atomic mass is 16.3. The molecule has 0 fully saturated rings. The minimum absolute atomic E-state index is 0.0986. The maximum absolute atomic E-state index is 6.22. The van der Waals surface area contributed by atoms with Crippen LogP contribution in [0.15, 0.2) is 35.1 Å². The van der Waals surface area contributed by atoms with Crippen molar-refractivity contribution in [1.82, 2.24) is 9.97 Å². The van der Waals surface area contributed by atoms with Gasteiger partial charge in [0.1, 0.15) is 11.3 Å². The number of pyridine rings is 2. The Morgan fingerprint density at radius 2 is 1.91 bits per heavy atom. The van der Waals surface area contributed by atoms with Gasteiger partial charge in [0.2, 0.25) is 0 Å². The molecule has 3 aromatic heterocycles. The van der Waals surface area contributed by atoms with E-state index in [2.05, 4.69) is 42.9 Å². The molecule has 1 aliphatic rings.